The normalized spacial score (nSPS) is 12.9. The molecule has 2 rings (SSSR count). The van der Waals surface area contributed by atoms with Crippen LogP contribution in [0.5, 0.6) is 0 Å². The van der Waals surface area contributed by atoms with Crippen molar-refractivity contribution in [3.05, 3.63) is 27.2 Å². The molecule has 0 aromatic carbocycles. The van der Waals surface area contributed by atoms with Gasteiger partial charge in [-0.25, -0.2) is 9.78 Å². The molecule has 2 heterocycles. The Morgan fingerprint density at radius 3 is 2.45 bits per heavy atom. The molecular weight excluding hydrogens is 284 g/mol. The van der Waals surface area contributed by atoms with E-state index in [1.165, 1.54) is 9.13 Å². The van der Waals surface area contributed by atoms with Gasteiger partial charge in [-0.2, -0.15) is 0 Å². The van der Waals surface area contributed by atoms with E-state index >= 15 is 0 Å². The molecule has 1 unspecified atom stereocenters. The van der Waals surface area contributed by atoms with Gasteiger partial charge in [0.1, 0.15) is 0 Å². The van der Waals surface area contributed by atoms with E-state index in [1.54, 1.807) is 20.2 Å². The summed E-state index contributed by atoms with van der Waals surface area (Å²) < 4.78 is 4.60. The van der Waals surface area contributed by atoms with Crippen molar-refractivity contribution in [1.82, 2.24) is 18.7 Å². The second kappa shape index (κ2) is 6.91. The van der Waals surface area contributed by atoms with Crippen molar-refractivity contribution in [2.75, 3.05) is 0 Å². The minimum atomic E-state index is -0.304. The van der Waals surface area contributed by atoms with Crippen LogP contribution in [0.2, 0.25) is 0 Å². The standard InChI is InChI=1S/C15H24N4O3/c1-4-18-13-12(14(21)19(5-2)15(18)22)17(10-16-13)9-7-6-8-11(3)20/h10-11,20H,4-9H2,1-3H3. The largest absolute Gasteiger partial charge is 0.393 e. The van der Waals surface area contributed by atoms with Gasteiger partial charge in [-0.3, -0.25) is 13.9 Å². The lowest BCUT2D eigenvalue weighted by atomic mass is 10.2. The first-order valence-electron chi connectivity index (χ1n) is 7.87. The Morgan fingerprint density at radius 2 is 1.86 bits per heavy atom. The number of aryl methyl sites for hydroxylation is 2. The highest BCUT2D eigenvalue weighted by Gasteiger charge is 2.16. The molecule has 1 N–H and O–H groups in total. The predicted molar refractivity (Wildman–Crippen MR) is 85.1 cm³/mol. The average molecular weight is 308 g/mol. The molecule has 0 amide bonds. The molecule has 0 spiro atoms. The molecule has 0 bridgehead atoms. The van der Waals surface area contributed by atoms with Crippen LogP contribution in [-0.2, 0) is 19.6 Å². The van der Waals surface area contributed by atoms with E-state index in [2.05, 4.69) is 4.98 Å². The zero-order valence-electron chi connectivity index (χ0n) is 13.4. The predicted octanol–water partition coefficient (Wildman–Crippen LogP) is 0.951. The van der Waals surface area contributed by atoms with Crippen molar-refractivity contribution >= 4 is 11.2 Å². The van der Waals surface area contributed by atoms with Gasteiger partial charge in [-0.1, -0.05) is 0 Å². The number of fused-ring (bicyclic) bond motifs is 1. The van der Waals surface area contributed by atoms with Gasteiger partial charge in [0.15, 0.2) is 11.2 Å². The van der Waals surface area contributed by atoms with Crippen LogP contribution in [0.3, 0.4) is 0 Å². The van der Waals surface area contributed by atoms with Crippen LogP contribution in [0.4, 0.5) is 0 Å². The number of aromatic nitrogens is 4. The zero-order chi connectivity index (χ0) is 16.3. The molecule has 0 fully saturated rings. The Hall–Kier alpha value is -1.89. The van der Waals surface area contributed by atoms with Gasteiger partial charge in [-0.15, -0.1) is 0 Å². The van der Waals surface area contributed by atoms with Crippen molar-refractivity contribution in [2.24, 2.45) is 0 Å². The minimum Gasteiger partial charge on any atom is -0.393 e. The van der Waals surface area contributed by atoms with Gasteiger partial charge in [-0.05, 0) is 40.0 Å². The van der Waals surface area contributed by atoms with E-state index in [1.807, 2.05) is 11.5 Å². The number of hydrogen-bond acceptors (Lipinski definition) is 4. The van der Waals surface area contributed by atoms with Gasteiger partial charge >= 0.3 is 5.69 Å². The molecule has 22 heavy (non-hydrogen) atoms. The van der Waals surface area contributed by atoms with Crippen molar-refractivity contribution in [3.8, 4) is 0 Å². The molecule has 0 aliphatic carbocycles. The lowest BCUT2D eigenvalue weighted by Gasteiger charge is -2.10. The first-order chi connectivity index (χ1) is 10.5. The lowest BCUT2D eigenvalue weighted by Crippen LogP contribution is -2.40. The Labute approximate surface area is 128 Å². The number of aliphatic hydroxyl groups excluding tert-OH is 1. The molecule has 0 saturated heterocycles. The van der Waals surface area contributed by atoms with Gasteiger partial charge in [0.25, 0.3) is 5.56 Å². The molecule has 2 aromatic heterocycles. The quantitative estimate of drug-likeness (QED) is 0.772. The maximum Gasteiger partial charge on any atom is 0.332 e. The van der Waals surface area contributed by atoms with Crippen LogP contribution in [0, 0.1) is 0 Å². The summed E-state index contributed by atoms with van der Waals surface area (Å²) in [5.41, 5.74) is 0.361. The molecule has 0 radical (unpaired) electrons. The molecule has 7 heteroatoms. The van der Waals surface area contributed by atoms with E-state index in [4.69, 9.17) is 0 Å². The van der Waals surface area contributed by atoms with Crippen LogP contribution >= 0.6 is 0 Å². The molecule has 0 aliphatic rings. The van der Waals surface area contributed by atoms with Crippen LogP contribution in [0.15, 0.2) is 15.9 Å². The summed E-state index contributed by atoms with van der Waals surface area (Å²) in [6.45, 7) is 6.91. The maximum absolute atomic E-state index is 12.5. The highest BCUT2D eigenvalue weighted by atomic mass is 16.3. The zero-order valence-corrected chi connectivity index (χ0v) is 13.4. The number of unbranched alkanes of at least 4 members (excludes halogenated alkanes) is 1. The Morgan fingerprint density at radius 1 is 1.18 bits per heavy atom. The molecule has 2 aromatic rings. The van der Waals surface area contributed by atoms with Crippen LogP contribution in [-0.4, -0.2) is 29.9 Å². The third-order valence-electron chi connectivity index (χ3n) is 3.89. The highest BCUT2D eigenvalue weighted by Crippen LogP contribution is 2.09. The number of aliphatic hydroxyl groups is 1. The topological polar surface area (TPSA) is 82.0 Å². The summed E-state index contributed by atoms with van der Waals surface area (Å²) in [5, 5.41) is 9.28. The van der Waals surface area contributed by atoms with E-state index < -0.39 is 0 Å². The first kappa shape index (κ1) is 16.5. The Kier molecular flexibility index (Phi) is 5.18. The molecule has 0 saturated carbocycles. The smallest absolute Gasteiger partial charge is 0.332 e. The van der Waals surface area contributed by atoms with E-state index in [0.717, 1.165) is 19.3 Å². The molecule has 7 nitrogen and oxygen atoms in total. The van der Waals surface area contributed by atoms with Crippen molar-refractivity contribution < 1.29 is 5.11 Å². The fourth-order valence-electron chi connectivity index (χ4n) is 2.69. The van der Waals surface area contributed by atoms with Crippen molar-refractivity contribution in [1.29, 1.82) is 0 Å². The lowest BCUT2D eigenvalue weighted by molar-refractivity contribution is 0.180. The molecule has 122 valence electrons. The van der Waals surface area contributed by atoms with Crippen molar-refractivity contribution in [2.45, 2.75) is 65.8 Å². The summed E-state index contributed by atoms with van der Waals surface area (Å²) in [4.78, 5) is 29.0. The Bertz CT molecular complexity index is 754. The third-order valence-corrected chi connectivity index (χ3v) is 3.89. The number of nitrogens with zero attached hydrogens (tertiary/aromatic N) is 4. The fraction of sp³-hybridized carbons (Fsp3) is 0.667. The summed E-state index contributed by atoms with van der Waals surface area (Å²) >= 11 is 0. The van der Waals surface area contributed by atoms with E-state index in [0.29, 0.717) is 30.8 Å². The fourth-order valence-corrected chi connectivity index (χ4v) is 2.69. The van der Waals surface area contributed by atoms with Gasteiger partial charge in [0.05, 0.1) is 12.4 Å². The Balaban J connectivity index is 2.42. The summed E-state index contributed by atoms with van der Waals surface area (Å²) in [6, 6.07) is 0. The number of rotatable bonds is 7. The summed E-state index contributed by atoms with van der Waals surface area (Å²) in [7, 11) is 0. The van der Waals surface area contributed by atoms with E-state index in [-0.39, 0.29) is 17.4 Å². The van der Waals surface area contributed by atoms with Gasteiger partial charge in [0.2, 0.25) is 0 Å². The maximum atomic E-state index is 12.5. The molecular formula is C15H24N4O3. The summed E-state index contributed by atoms with van der Waals surface area (Å²) in [6.07, 6.45) is 3.80. The summed E-state index contributed by atoms with van der Waals surface area (Å²) in [5.74, 6) is 0. The van der Waals surface area contributed by atoms with Crippen molar-refractivity contribution in [3.63, 3.8) is 0 Å². The van der Waals surface area contributed by atoms with E-state index in [9.17, 15) is 14.7 Å². The monoisotopic (exact) mass is 308 g/mol. The first-order valence-corrected chi connectivity index (χ1v) is 7.87. The van der Waals surface area contributed by atoms with Crippen LogP contribution in [0.25, 0.3) is 11.2 Å². The second-order valence-corrected chi connectivity index (χ2v) is 5.53. The molecule has 0 aliphatic heterocycles. The SMILES string of the molecule is CCn1c(=O)c2c(ncn2CCCCC(C)O)n(CC)c1=O. The van der Waals surface area contributed by atoms with Crippen LogP contribution < -0.4 is 11.2 Å². The number of imidazole rings is 1. The minimum absolute atomic E-state index is 0.278. The van der Waals surface area contributed by atoms with Gasteiger partial charge in [0, 0.05) is 19.6 Å². The van der Waals surface area contributed by atoms with Crippen LogP contribution in [0.1, 0.15) is 40.0 Å². The number of hydrogen-bond donors (Lipinski definition) is 1. The highest BCUT2D eigenvalue weighted by molar-refractivity contribution is 5.70. The molecule has 1 atom stereocenters. The second-order valence-electron chi connectivity index (χ2n) is 5.53. The third kappa shape index (κ3) is 2.99. The van der Waals surface area contributed by atoms with Gasteiger partial charge < -0.3 is 9.67 Å². The average Bonchev–Trinajstić information content (AvgIpc) is 2.88.